The first-order valence-corrected chi connectivity index (χ1v) is 5.62. The van der Waals surface area contributed by atoms with Crippen LogP contribution < -0.4 is 20.9 Å². The molecule has 0 unspecified atom stereocenters. The zero-order valence-electron chi connectivity index (χ0n) is 10.5. The lowest BCUT2D eigenvalue weighted by Crippen LogP contribution is -2.21. The molecule has 0 aliphatic carbocycles. The van der Waals surface area contributed by atoms with Gasteiger partial charge in [0.2, 0.25) is 0 Å². The molecule has 7 nitrogen and oxygen atoms in total. The molecule has 0 aliphatic rings. The Morgan fingerprint density at radius 2 is 2.00 bits per heavy atom. The number of hydrogen-bond acceptors (Lipinski definition) is 5. The van der Waals surface area contributed by atoms with E-state index in [4.69, 9.17) is 26.0 Å². The normalized spacial score (nSPS) is 11.7. The van der Waals surface area contributed by atoms with E-state index < -0.39 is 17.9 Å². The average molecular weight is 268 g/mol. The summed E-state index contributed by atoms with van der Waals surface area (Å²) in [6, 6.07) is 3.31. The van der Waals surface area contributed by atoms with E-state index in [-0.39, 0.29) is 6.61 Å². The lowest BCUT2D eigenvalue weighted by Gasteiger charge is -2.14. The van der Waals surface area contributed by atoms with E-state index in [0.29, 0.717) is 23.7 Å². The van der Waals surface area contributed by atoms with Gasteiger partial charge in [0.25, 0.3) is 5.91 Å². The molecule has 5 N–H and O–H groups in total. The molecule has 0 saturated heterocycles. The van der Waals surface area contributed by atoms with E-state index >= 15 is 0 Å². The number of carbonyl (C=O) groups is 2. The largest absolute Gasteiger partial charge is 0.490 e. The second kappa shape index (κ2) is 6.60. The molecular weight excluding hydrogens is 252 g/mol. The quantitative estimate of drug-likeness (QED) is 0.641. The second-order valence-corrected chi connectivity index (χ2v) is 3.71. The van der Waals surface area contributed by atoms with Crippen molar-refractivity contribution in [2.24, 2.45) is 11.5 Å². The van der Waals surface area contributed by atoms with Gasteiger partial charge in [-0.3, -0.25) is 9.59 Å². The summed E-state index contributed by atoms with van der Waals surface area (Å²) in [5.74, 6) is -1.14. The van der Waals surface area contributed by atoms with Gasteiger partial charge in [0, 0.05) is 0 Å². The zero-order valence-corrected chi connectivity index (χ0v) is 10.5. The van der Waals surface area contributed by atoms with Crippen LogP contribution >= 0.6 is 0 Å². The number of primary amides is 1. The molecule has 19 heavy (non-hydrogen) atoms. The molecule has 0 fully saturated rings. The molecule has 0 radical (unpaired) electrons. The number of benzene rings is 1. The topological polar surface area (TPSA) is 125 Å². The number of amides is 1. The van der Waals surface area contributed by atoms with Crippen LogP contribution in [0.5, 0.6) is 11.5 Å². The van der Waals surface area contributed by atoms with Crippen LogP contribution in [0.3, 0.4) is 0 Å². The molecule has 0 bridgehead atoms. The third-order valence-electron chi connectivity index (χ3n) is 2.26. The molecule has 1 aromatic carbocycles. The molecule has 1 atom stereocenters. The van der Waals surface area contributed by atoms with Crippen LogP contribution in [-0.4, -0.2) is 30.2 Å². The van der Waals surface area contributed by atoms with Gasteiger partial charge >= 0.3 is 5.97 Å². The highest BCUT2D eigenvalue weighted by Crippen LogP contribution is 2.30. The van der Waals surface area contributed by atoms with E-state index in [9.17, 15) is 9.59 Å². The summed E-state index contributed by atoms with van der Waals surface area (Å²) in [5.41, 5.74) is 10.9. The van der Waals surface area contributed by atoms with Crippen molar-refractivity contribution in [1.82, 2.24) is 0 Å². The predicted molar refractivity (Wildman–Crippen MR) is 66.9 cm³/mol. The molecule has 0 aromatic heterocycles. The molecule has 7 heteroatoms. The van der Waals surface area contributed by atoms with Crippen molar-refractivity contribution in [3.8, 4) is 11.5 Å². The Kier molecular flexibility index (Phi) is 5.13. The maximum absolute atomic E-state index is 10.8. The van der Waals surface area contributed by atoms with Crippen LogP contribution in [0.2, 0.25) is 0 Å². The van der Waals surface area contributed by atoms with E-state index in [2.05, 4.69) is 0 Å². The molecule has 0 spiro atoms. The molecule has 0 heterocycles. The highest BCUT2D eigenvalue weighted by atomic mass is 16.5. The van der Waals surface area contributed by atoms with Gasteiger partial charge in [0.1, 0.15) is 6.04 Å². The fourth-order valence-corrected chi connectivity index (χ4v) is 1.40. The van der Waals surface area contributed by atoms with Gasteiger partial charge in [-0.1, -0.05) is 6.07 Å². The smallest absolute Gasteiger partial charge is 0.325 e. The number of carboxylic acid groups (broad SMARTS) is 1. The summed E-state index contributed by atoms with van der Waals surface area (Å²) >= 11 is 0. The van der Waals surface area contributed by atoms with Gasteiger partial charge in [-0.15, -0.1) is 0 Å². The van der Waals surface area contributed by atoms with Gasteiger partial charge in [0.15, 0.2) is 18.1 Å². The number of nitrogens with two attached hydrogens (primary N) is 2. The number of aliphatic carboxylic acids is 1. The molecule has 1 amide bonds. The highest BCUT2D eigenvalue weighted by Gasteiger charge is 2.17. The van der Waals surface area contributed by atoms with E-state index in [1.807, 2.05) is 0 Å². The summed E-state index contributed by atoms with van der Waals surface area (Å²) in [5, 5.41) is 8.84. The Labute approximate surface area is 110 Å². The number of rotatable bonds is 7. The van der Waals surface area contributed by atoms with Crippen molar-refractivity contribution in [3.63, 3.8) is 0 Å². The van der Waals surface area contributed by atoms with Gasteiger partial charge in [-0.2, -0.15) is 0 Å². The van der Waals surface area contributed by atoms with E-state index in [0.717, 1.165) is 0 Å². The second-order valence-electron chi connectivity index (χ2n) is 3.71. The summed E-state index contributed by atoms with van der Waals surface area (Å²) in [6.45, 7) is 1.84. The highest BCUT2D eigenvalue weighted by molar-refractivity contribution is 5.76. The predicted octanol–water partition coefficient (Wildman–Crippen LogP) is 0.0338. The van der Waals surface area contributed by atoms with Crippen LogP contribution in [0.15, 0.2) is 18.2 Å². The third kappa shape index (κ3) is 4.14. The summed E-state index contributed by atoms with van der Waals surface area (Å²) in [7, 11) is 0. The monoisotopic (exact) mass is 268 g/mol. The Hall–Kier alpha value is -2.28. The van der Waals surface area contributed by atoms with E-state index in [1.54, 1.807) is 6.92 Å². The maximum Gasteiger partial charge on any atom is 0.325 e. The zero-order chi connectivity index (χ0) is 14.4. The lowest BCUT2D eigenvalue weighted by atomic mass is 10.1. The maximum atomic E-state index is 10.8. The minimum absolute atomic E-state index is 0.287. The first-order valence-electron chi connectivity index (χ1n) is 5.62. The Balaban J connectivity index is 2.99. The number of carbonyl (C=O) groups excluding carboxylic acids is 1. The first-order chi connectivity index (χ1) is 8.95. The summed E-state index contributed by atoms with van der Waals surface area (Å²) in [6.07, 6.45) is 0. The number of hydrogen-bond donors (Lipinski definition) is 3. The van der Waals surface area contributed by atoms with Crippen LogP contribution in [-0.2, 0) is 9.59 Å². The Morgan fingerprint density at radius 3 is 2.53 bits per heavy atom. The minimum Gasteiger partial charge on any atom is -0.490 e. The standard InChI is InChI=1S/C12H16N2O5/c1-2-18-9-5-7(11(14)12(16)17)3-4-8(9)19-6-10(13)15/h3-5,11H,2,6,14H2,1H3,(H2,13,15)(H,16,17)/t11-/m0/s1. The van der Waals surface area contributed by atoms with Crippen molar-refractivity contribution >= 4 is 11.9 Å². The van der Waals surface area contributed by atoms with Crippen molar-refractivity contribution in [3.05, 3.63) is 23.8 Å². The Bertz CT molecular complexity index is 475. The first kappa shape index (κ1) is 14.8. The minimum atomic E-state index is -1.15. The van der Waals surface area contributed by atoms with E-state index in [1.165, 1.54) is 18.2 Å². The lowest BCUT2D eigenvalue weighted by molar-refractivity contribution is -0.138. The Morgan fingerprint density at radius 1 is 1.32 bits per heavy atom. The SMILES string of the molecule is CCOc1cc([C@H](N)C(=O)O)ccc1OCC(N)=O. The van der Waals surface area contributed by atoms with Gasteiger partial charge in [0.05, 0.1) is 6.61 Å². The van der Waals surface area contributed by atoms with Crippen molar-refractivity contribution in [2.75, 3.05) is 13.2 Å². The molecular formula is C12H16N2O5. The van der Waals surface area contributed by atoms with Gasteiger partial charge in [-0.05, 0) is 24.6 Å². The molecule has 0 saturated carbocycles. The van der Waals surface area contributed by atoms with Crippen LogP contribution in [0, 0.1) is 0 Å². The van der Waals surface area contributed by atoms with Gasteiger partial charge in [-0.25, -0.2) is 0 Å². The summed E-state index contributed by atoms with van der Waals surface area (Å²) < 4.78 is 10.5. The third-order valence-corrected chi connectivity index (χ3v) is 2.26. The fourth-order valence-electron chi connectivity index (χ4n) is 1.40. The van der Waals surface area contributed by atoms with Crippen LogP contribution in [0.4, 0.5) is 0 Å². The molecule has 1 aromatic rings. The van der Waals surface area contributed by atoms with Crippen LogP contribution in [0.25, 0.3) is 0 Å². The van der Waals surface area contributed by atoms with Crippen LogP contribution in [0.1, 0.15) is 18.5 Å². The molecule has 0 aliphatic heterocycles. The number of ether oxygens (including phenoxy) is 2. The van der Waals surface area contributed by atoms with Gasteiger partial charge < -0.3 is 26.0 Å². The fraction of sp³-hybridized carbons (Fsp3) is 0.333. The summed E-state index contributed by atoms with van der Waals surface area (Å²) in [4.78, 5) is 21.5. The van der Waals surface area contributed by atoms with Crippen molar-refractivity contribution in [1.29, 1.82) is 0 Å². The van der Waals surface area contributed by atoms with Crippen molar-refractivity contribution < 1.29 is 24.2 Å². The molecule has 1 rings (SSSR count). The molecule has 104 valence electrons. The number of carboxylic acids is 1. The van der Waals surface area contributed by atoms with Crippen molar-refractivity contribution in [2.45, 2.75) is 13.0 Å². The average Bonchev–Trinajstić information content (AvgIpc) is 2.36.